The van der Waals surface area contributed by atoms with Gasteiger partial charge in [0, 0.05) is 49.7 Å². The molecular weight excluding hydrogens is 366 g/mol. The zero-order valence-electron chi connectivity index (χ0n) is 16.9. The number of hydrogen-bond acceptors (Lipinski definition) is 5. The van der Waals surface area contributed by atoms with Crippen molar-refractivity contribution in [3.63, 3.8) is 0 Å². The van der Waals surface area contributed by atoms with Gasteiger partial charge in [-0.25, -0.2) is 4.98 Å². The summed E-state index contributed by atoms with van der Waals surface area (Å²) in [6.07, 6.45) is 9.15. The molecule has 1 aromatic carbocycles. The van der Waals surface area contributed by atoms with Crippen molar-refractivity contribution in [2.24, 2.45) is 0 Å². The lowest BCUT2D eigenvalue weighted by molar-refractivity contribution is -0.116. The van der Waals surface area contributed by atoms with Crippen LogP contribution in [0.3, 0.4) is 0 Å². The number of carbonyl (C=O) groups is 1. The van der Waals surface area contributed by atoms with Crippen molar-refractivity contribution in [3.8, 4) is 11.3 Å². The molecule has 1 aliphatic rings. The van der Waals surface area contributed by atoms with E-state index >= 15 is 0 Å². The molecule has 29 heavy (non-hydrogen) atoms. The monoisotopic (exact) mass is 393 g/mol. The van der Waals surface area contributed by atoms with Crippen LogP contribution < -0.4 is 5.32 Å². The van der Waals surface area contributed by atoms with Crippen LogP contribution in [0.5, 0.6) is 0 Å². The molecule has 3 heterocycles. The Labute approximate surface area is 170 Å². The number of aromatic nitrogens is 4. The van der Waals surface area contributed by atoms with Gasteiger partial charge in [-0.2, -0.15) is 4.98 Å². The van der Waals surface area contributed by atoms with Gasteiger partial charge in [0.05, 0.1) is 5.69 Å². The number of carbonyl (C=O) groups excluding carboxylic acids is 1. The van der Waals surface area contributed by atoms with E-state index in [2.05, 4.69) is 33.1 Å². The number of amides is 1. The maximum Gasteiger partial charge on any atom is 0.226 e. The first-order valence-electron chi connectivity index (χ1n) is 10.5. The van der Waals surface area contributed by atoms with Crippen molar-refractivity contribution >= 4 is 11.6 Å². The summed E-state index contributed by atoms with van der Waals surface area (Å²) in [6.45, 7) is 3.13. The number of imidazole rings is 1. The zero-order chi connectivity index (χ0) is 20.1. The average Bonchev–Trinajstić information content (AvgIpc) is 3.35. The Hall–Kier alpha value is -2.96. The highest BCUT2D eigenvalue weighted by Crippen LogP contribution is 2.24. The van der Waals surface area contributed by atoms with Crippen molar-refractivity contribution in [1.82, 2.24) is 19.7 Å². The highest BCUT2D eigenvalue weighted by atomic mass is 16.5. The van der Waals surface area contributed by atoms with Crippen LogP contribution in [0, 0.1) is 0 Å². The molecule has 7 heteroatoms. The van der Waals surface area contributed by atoms with Crippen LogP contribution in [0.25, 0.3) is 11.3 Å². The minimum absolute atomic E-state index is 0.0106. The molecule has 2 aromatic heterocycles. The van der Waals surface area contributed by atoms with Gasteiger partial charge in [-0.15, -0.1) is 0 Å². The normalized spacial score (nSPS) is 13.3. The molecule has 0 spiro atoms. The number of anilines is 1. The van der Waals surface area contributed by atoms with Gasteiger partial charge in [0.25, 0.3) is 0 Å². The van der Waals surface area contributed by atoms with E-state index in [1.54, 1.807) is 0 Å². The molecule has 0 saturated heterocycles. The summed E-state index contributed by atoms with van der Waals surface area (Å²) in [5, 5.41) is 6.88. The van der Waals surface area contributed by atoms with Gasteiger partial charge in [0.1, 0.15) is 5.82 Å². The molecule has 7 nitrogen and oxygen atoms in total. The Bertz CT molecular complexity index is 935. The first kappa shape index (κ1) is 19.4. The fourth-order valence-electron chi connectivity index (χ4n) is 3.62. The predicted molar refractivity (Wildman–Crippen MR) is 110 cm³/mol. The molecule has 0 fully saturated rings. The SMILES string of the molecule is CCCc1noc(CCCC(=O)Nc2ccc(-c3cn4c(n3)CCCC4)cc2)n1. The topological polar surface area (TPSA) is 85.8 Å². The Morgan fingerprint density at radius 2 is 2.03 bits per heavy atom. The van der Waals surface area contributed by atoms with E-state index in [0.29, 0.717) is 25.2 Å². The lowest BCUT2D eigenvalue weighted by Crippen LogP contribution is -2.11. The molecule has 0 unspecified atom stereocenters. The Kier molecular flexibility index (Phi) is 6.03. The third-order valence-electron chi connectivity index (χ3n) is 5.15. The number of benzene rings is 1. The van der Waals surface area contributed by atoms with E-state index in [4.69, 9.17) is 9.51 Å². The molecule has 4 rings (SSSR count). The van der Waals surface area contributed by atoms with E-state index < -0.39 is 0 Å². The Morgan fingerprint density at radius 1 is 1.17 bits per heavy atom. The van der Waals surface area contributed by atoms with Crippen LogP contribution in [-0.4, -0.2) is 25.6 Å². The Balaban J connectivity index is 1.27. The van der Waals surface area contributed by atoms with E-state index in [1.165, 1.54) is 18.7 Å². The van der Waals surface area contributed by atoms with Crippen LogP contribution in [-0.2, 0) is 30.6 Å². The number of aryl methyl sites for hydroxylation is 4. The van der Waals surface area contributed by atoms with Gasteiger partial charge in [-0.05, 0) is 37.8 Å². The first-order chi connectivity index (χ1) is 14.2. The molecule has 3 aromatic rings. The highest BCUT2D eigenvalue weighted by molar-refractivity contribution is 5.90. The average molecular weight is 393 g/mol. The van der Waals surface area contributed by atoms with Crippen molar-refractivity contribution < 1.29 is 9.32 Å². The summed E-state index contributed by atoms with van der Waals surface area (Å²) in [4.78, 5) is 21.3. The van der Waals surface area contributed by atoms with Crippen LogP contribution in [0.15, 0.2) is 35.0 Å². The van der Waals surface area contributed by atoms with Gasteiger partial charge in [0.2, 0.25) is 11.8 Å². The minimum atomic E-state index is -0.0106. The second kappa shape index (κ2) is 9.03. The van der Waals surface area contributed by atoms with Crippen LogP contribution in [0.4, 0.5) is 5.69 Å². The molecular formula is C22H27N5O2. The van der Waals surface area contributed by atoms with Crippen molar-refractivity contribution in [2.75, 3.05) is 5.32 Å². The van der Waals surface area contributed by atoms with Gasteiger partial charge in [-0.1, -0.05) is 24.2 Å². The summed E-state index contributed by atoms with van der Waals surface area (Å²) < 4.78 is 7.46. The fraction of sp³-hybridized carbons (Fsp3) is 0.455. The molecule has 152 valence electrons. The molecule has 1 N–H and O–H groups in total. The third-order valence-corrected chi connectivity index (χ3v) is 5.15. The number of fused-ring (bicyclic) bond motifs is 1. The number of hydrogen-bond donors (Lipinski definition) is 1. The molecule has 0 bridgehead atoms. The fourth-order valence-corrected chi connectivity index (χ4v) is 3.62. The van der Waals surface area contributed by atoms with Crippen LogP contribution >= 0.6 is 0 Å². The molecule has 1 aliphatic heterocycles. The number of rotatable bonds is 8. The molecule has 0 aliphatic carbocycles. The van der Waals surface area contributed by atoms with Gasteiger partial charge < -0.3 is 14.4 Å². The van der Waals surface area contributed by atoms with Gasteiger partial charge >= 0.3 is 0 Å². The minimum Gasteiger partial charge on any atom is -0.339 e. The summed E-state index contributed by atoms with van der Waals surface area (Å²) in [7, 11) is 0. The summed E-state index contributed by atoms with van der Waals surface area (Å²) >= 11 is 0. The lowest BCUT2D eigenvalue weighted by Gasteiger charge is -2.11. The summed E-state index contributed by atoms with van der Waals surface area (Å²) in [5.41, 5.74) is 2.87. The summed E-state index contributed by atoms with van der Waals surface area (Å²) in [6, 6.07) is 7.89. The van der Waals surface area contributed by atoms with Crippen LogP contribution in [0.2, 0.25) is 0 Å². The quantitative estimate of drug-likeness (QED) is 0.620. The third kappa shape index (κ3) is 4.91. The largest absolute Gasteiger partial charge is 0.339 e. The van der Waals surface area contributed by atoms with E-state index in [1.807, 2.05) is 24.3 Å². The number of nitrogens with one attached hydrogen (secondary N) is 1. The second-order valence-electron chi connectivity index (χ2n) is 7.53. The van der Waals surface area contributed by atoms with Gasteiger partial charge in [-0.3, -0.25) is 4.79 Å². The molecule has 0 saturated carbocycles. The van der Waals surface area contributed by atoms with E-state index in [9.17, 15) is 4.79 Å². The first-order valence-corrected chi connectivity index (χ1v) is 10.5. The molecule has 0 atom stereocenters. The van der Waals surface area contributed by atoms with Crippen LogP contribution in [0.1, 0.15) is 56.6 Å². The molecule has 0 radical (unpaired) electrons. The highest BCUT2D eigenvalue weighted by Gasteiger charge is 2.13. The maximum atomic E-state index is 12.2. The van der Waals surface area contributed by atoms with E-state index in [-0.39, 0.29) is 5.91 Å². The van der Waals surface area contributed by atoms with Crippen molar-refractivity contribution in [3.05, 3.63) is 48.0 Å². The summed E-state index contributed by atoms with van der Waals surface area (Å²) in [5.74, 6) is 2.51. The second-order valence-corrected chi connectivity index (χ2v) is 7.53. The van der Waals surface area contributed by atoms with Crippen molar-refractivity contribution in [2.45, 2.75) is 64.8 Å². The lowest BCUT2D eigenvalue weighted by atomic mass is 10.1. The van der Waals surface area contributed by atoms with Gasteiger partial charge in [0.15, 0.2) is 5.82 Å². The Morgan fingerprint density at radius 3 is 2.83 bits per heavy atom. The predicted octanol–water partition coefficient (Wildman–Crippen LogP) is 4.18. The van der Waals surface area contributed by atoms with E-state index in [0.717, 1.165) is 48.6 Å². The number of nitrogens with zero attached hydrogens (tertiary/aromatic N) is 4. The standard InChI is InChI=1S/C22H27N5O2/c1-2-6-19-25-22(29-26-19)9-5-8-21(28)23-17-12-10-16(11-13-17)18-15-27-14-4-3-7-20(27)24-18/h10-13,15H,2-9,14H2,1H3,(H,23,28). The zero-order valence-corrected chi connectivity index (χ0v) is 16.9. The molecule has 1 amide bonds. The van der Waals surface area contributed by atoms with Crippen molar-refractivity contribution in [1.29, 1.82) is 0 Å². The smallest absolute Gasteiger partial charge is 0.226 e. The maximum absolute atomic E-state index is 12.2.